The number of esters is 1. The summed E-state index contributed by atoms with van der Waals surface area (Å²) < 4.78 is 21.6. The third kappa shape index (κ3) is 3.19. The van der Waals surface area contributed by atoms with Gasteiger partial charge in [-0.15, -0.1) is 0 Å². The van der Waals surface area contributed by atoms with Crippen LogP contribution < -0.4 is 18.9 Å². The summed E-state index contributed by atoms with van der Waals surface area (Å²) in [5.41, 5.74) is 1.48. The highest BCUT2D eigenvalue weighted by Crippen LogP contribution is 2.36. The van der Waals surface area contributed by atoms with E-state index in [1.807, 2.05) is 6.07 Å². The molecule has 3 aromatic rings. The van der Waals surface area contributed by atoms with Gasteiger partial charge >= 0.3 is 5.97 Å². The first-order valence-electron chi connectivity index (χ1n) is 8.77. The van der Waals surface area contributed by atoms with Crippen LogP contribution in [0.5, 0.6) is 23.0 Å². The van der Waals surface area contributed by atoms with Crippen LogP contribution in [0, 0.1) is 0 Å². The van der Waals surface area contributed by atoms with E-state index in [9.17, 15) is 9.59 Å². The summed E-state index contributed by atoms with van der Waals surface area (Å²) in [6.07, 6.45) is 4.90. The second-order valence-electron chi connectivity index (χ2n) is 6.34. The molecule has 2 aliphatic rings. The highest BCUT2D eigenvalue weighted by molar-refractivity contribution is 6.14. The van der Waals surface area contributed by atoms with Gasteiger partial charge < -0.3 is 18.9 Å². The molecule has 29 heavy (non-hydrogen) atoms. The Hall–Kier alpha value is -4.13. The van der Waals surface area contributed by atoms with E-state index in [2.05, 4.69) is 4.98 Å². The molecule has 2 aromatic carbocycles. The number of ketones is 1. The van der Waals surface area contributed by atoms with E-state index in [0.717, 1.165) is 5.56 Å². The Bertz CT molecular complexity index is 1170. The molecule has 5 rings (SSSR count). The molecule has 0 unspecified atom stereocenters. The second kappa shape index (κ2) is 6.79. The van der Waals surface area contributed by atoms with E-state index in [-0.39, 0.29) is 24.1 Å². The lowest BCUT2D eigenvalue weighted by atomic mass is 10.1. The Balaban J connectivity index is 1.36. The summed E-state index contributed by atoms with van der Waals surface area (Å²) >= 11 is 0. The monoisotopic (exact) mass is 387 g/mol. The van der Waals surface area contributed by atoms with Gasteiger partial charge in [0.1, 0.15) is 11.5 Å². The largest absolute Gasteiger partial charge is 0.454 e. The maximum Gasteiger partial charge on any atom is 0.343 e. The van der Waals surface area contributed by atoms with Crippen LogP contribution in [0.15, 0.2) is 66.7 Å². The molecule has 0 spiro atoms. The number of nitrogens with zero attached hydrogens (tertiary/aromatic N) is 1. The van der Waals surface area contributed by atoms with Gasteiger partial charge in [0.15, 0.2) is 17.3 Å². The number of rotatable bonds is 3. The normalized spacial score (nSPS) is 15.2. The Labute approximate surface area is 165 Å². The van der Waals surface area contributed by atoms with Crippen molar-refractivity contribution in [2.24, 2.45) is 0 Å². The number of pyridine rings is 1. The highest BCUT2D eigenvalue weighted by Gasteiger charge is 2.28. The molecule has 1 aromatic heterocycles. The van der Waals surface area contributed by atoms with Crippen LogP contribution in [-0.2, 0) is 0 Å². The summed E-state index contributed by atoms with van der Waals surface area (Å²) in [6, 6.07) is 13.0. The average Bonchev–Trinajstić information content (AvgIpc) is 3.33. The molecule has 3 heterocycles. The van der Waals surface area contributed by atoms with Crippen LogP contribution in [0.25, 0.3) is 6.08 Å². The molecule has 0 bridgehead atoms. The average molecular weight is 387 g/mol. The topological polar surface area (TPSA) is 84.0 Å². The summed E-state index contributed by atoms with van der Waals surface area (Å²) in [7, 11) is 0. The molecule has 7 heteroatoms. The lowest BCUT2D eigenvalue weighted by Crippen LogP contribution is -2.08. The van der Waals surface area contributed by atoms with Crippen molar-refractivity contribution >= 4 is 17.8 Å². The standard InChI is InChI=1S/C22H13NO6/c24-21-16-5-4-15(10-18(16)29-20(21)8-13-2-1-7-23-11-13)28-22(25)14-3-6-17-19(9-14)27-12-26-17/h1-11H,12H2/b20-8-. The quantitative estimate of drug-likeness (QED) is 0.385. The number of carbonyl (C=O) groups is 2. The third-order valence-corrected chi connectivity index (χ3v) is 4.44. The van der Waals surface area contributed by atoms with Crippen molar-refractivity contribution in [3.8, 4) is 23.0 Å². The van der Waals surface area contributed by atoms with Crippen molar-refractivity contribution in [3.05, 3.63) is 83.4 Å². The fraction of sp³-hybridized carbons (Fsp3) is 0.0455. The highest BCUT2D eigenvalue weighted by atomic mass is 16.7. The summed E-state index contributed by atoms with van der Waals surface area (Å²) in [5.74, 6) is 1.07. The van der Waals surface area contributed by atoms with Crippen LogP contribution >= 0.6 is 0 Å². The number of aromatic nitrogens is 1. The van der Waals surface area contributed by atoms with Gasteiger partial charge in [0.25, 0.3) is 0 Å². The lowest BCUT2D eigenvalue weighted by molar-refractivity contribution is 0.0734. The minimum Gasteiger partial charge on any atom is -0.454 e. The molecular formula is C22H13NO6. The van der Waals surface area contributed by atoms with E-state index in [4.69, 9.17) is 18.9 Å². The van der Waals surface area contributed by atoms with E-state index in [0.29, 0.717) is 28.4 Å². The first-order chi connectivity index (χ1) is 14.2. The smallest absolute Gasteiger partial charge is 0.343 e. The maximum atomic E-state index is 12.5. The van der Waals surface area contributed by atoms with Gasteiger partial charge in [-0.2, -0.15) is 0 Å². The first-order valence-corrected chi connectivity index (χ1v) is 8.77. The minimum atomic E-state index is -0.557. The van der Waals surface area contributed by atoms with Crippen molar-refractivity contribution in [2.45, 2.75) is 0 Å². The first kappa shape index (κ1) is 17.0. The molecule has 0 saturated heterocycles. The van der Waals surface area contributed by atoms with Crippen molar-refractivity contribution < 1.29 is 28.5 Å². The molecule has 0 fully saturated rings. The minimum absolute atomic E-state index is 0.124. The van der Waals surface area contributed by atoms with Crippen LogP contribution in [0.4, 0.5) is 0 Å². The van der Waals surface area contributed by atoms with E-state index in [1.54, 1.807) is 54.9 Å². The van der Waals surface area contributed by atoms with Crippen molar-refractivity contribution in [1.29, 1.82) is 0 Å². The number of carbonyl (C=O) groups excluding carboxylic acids is 2. The van der Waals surface area contributed by atoms with Gasteiger partial charge in [-0.05, 0) is 48.0 Å². The third-order valence-electron chi connectivity index (χ3n) is 4.44. The number of hydrogen-bond donors (Lipinski definition) is 0. The second-order valence-corrected chi connectivity index (χ2v) is 6.34. The van der Waals surface area contributed by atoms with E-state index < -0.39 is 5.97 Å². The number of benzene rings is 2. The van der Waals surface area contributed by atoms with Gasteiger partial charge in [0.05, 0.1) is 11.1 Å². The molecule has 7 nitrogen and oxygen atoms in total. The van der Waals surface area contributed by atoms with Crippen LogP contribution in [0.3, 0.4) is 0 Å². The predicted octanol–water partition coefficient (Wildman–Crippen LogP) is 3.65. The fourth-order valence-electron chi connectivity index (χ4n) is 3.03. The molecule has 0 atom stereocenters. The zero-order chi connectivity index (χ0) is 19.8. The van der Waals surface area contributed by atoms with Gasteiger partial charge in [0.2, 0.25) is 12.6 Å². The molecular weight excluding hydrogens is 374 g/mol. The molecule has 0 aliphatic carbocycles. The lowest BCUT2D eigenvalue weighted by Gasteiger charge is -2.06. The number of fused-ring (bicyclic) bond motifs is 2. The van der Waals surface area contributed by atoms with E-state index >= 15 is 0 Å². The zero-order valence-corrected chi connectivity index (χ0v) is 15.0. The Morgan fingerprint density at radius 2 is 1.93 bits per heavy atom. The molecule has 0 N–H and O–H groups in total. The number of Topliss-reactive ketones (excluding diaryl/α,β-unsaturated/α-hetero) is 1. The molecule has 0 radical (unpaired) electrons. The van der Waals surface area contributed by atoms with E-state index in [1.165, 1.54) is 6.07 Å². The molecule has 0 saturated carbocycles. The summed E-state index contributed by atoms with van der Waals surface area (Å²) in [4.78, 5) is 29.0. The number of ether oxygens (including phenoxy) is 4. The Kier molecular flexibility index (Phi) is 3.98. The molecule has 142 valence electrons. The molecule has 2 aliphatic heterocycles. The van der Waals surface area contributed by atoms with Crippen LogP contribution in [0.1, 0.15) is 26.3 Å². The van der Waals surface area contributed by atoms with Crippen LogP contribution in [0.2, 0.25) is 0 Å². The van der Waals surface area contributed by atoms with Gasteiger partial charge in [-0.1, -0.05) is 6.07 Å². The predicted molar refractivity (Wildman–Crippen MR) is 101 cm³/mol. The van der Waals surface area contributed by atoms with Crippen molar-refractivity contribution in [2.75, 3.05) is 6.79 Å². The Morgan fingerprint density at radius 3 is 2.79 bits per heavy atom. The molecule has 0 amide bonds. The van der Waals surface area contributed by atoms with Crippen LogP contribution in [-0.4, -0.2) is 23.5 Å². The fourth-order valence-corrected chi connectivity index (χ4v) is 3.03. The number of hydrogen-bond acceptors (Lipinski definition) is 7. The van der Waals surface area contributed by atoms with Crippen molar-refractivity contribution in [3.63, 3.8) is 0 Å². The number of allylic oxidation sites excluding steroid dienone is 1. The van der Waals surface area contributed by atoms with Gasteiger partial charge in [-0.3, -0.25) is 9.78 Å². The van der Waals surface area contributed by atoms with Gasteiger partial charge in [0, 0.05) is 18.5 Å². The van der Waals surface area contributed by atoms with Gasteiger partial charge in [-0.25, -0.2) is 4.79 Å². The van der Waals surface area contributed by atoms with Crippen molar-refractivity contribution in [1.82, 2.24) is 4.98 Å². The SMILES string of the molecule is O=C(Oc1ccc2c(c1)O/C(=C\c1cccnc1)C2=O)c1ccc2c(c1)OCO2. The Morgan fingerprint density at radius 1 is 1.03 bits per heavy atom. The summed E-state index contributed by atoms with van der Waals surface area (Å²) in [6.45, 7) is 0.124. The zero-order valence-electron chi connectivity index (χ0n) is 15.0. The maximum absolute atomic E-state index is 12.5. The summed E-state index contributed by atoms with van der Waals surface area (Å²) in [5, 5.41) is 0.